The van der Waals surface area contributed by atoms with Crippen LogP contribution in [-0.2, 0) is 0 Å². The lowest BCUT2D eigenvalue weighted by atomic mass is 9.68. The molecule has 0 bridgehead atoms. The van der Waals surface area contributed by atoms with E-state index in [1.807, 2.05) is 0 Å². The summed E-state index contributed by atoms with van der Waals surface area (Å²) in [5, 5.41) is 3.47. The zero-order valence-corrected chi connectivity index (χ0v) is 15.9. The van der Waals surface area contributed by atoms with Crippen LogP contribution in [0.25, 0.3) is 0 Å². The van der Waals surface area contributed by atoms with Crippen molar-refractivity contribution in [2.24, 2.45) is 46.6 Å². The van der Waals surface area contributed by atoms with E-state index in [2.05, 4.69) is 67.5 Å². The summed E-state index contributed by atoms with van der Waals surface area (Å²) in [5.41, 5.74) is 0. The van der Waals surface area contributed by atoms with E-state index in [1.165, 1.54) is 6.42 Å². The number of hydrogen-bond acceptors (Lipinski definition) is 2. The van der Waals surface area contributed by atoms with Crippen molar-refractivity contribution in [3.63, 3.8) is 0 Å². The monoisotopic (exact) mass is 297 g/mol. The molecule has 8 atom stereocenters. The van der Waals surface area contributed by atoms with Gasteiger partial charge in [-0.3, -0.25) is 0 Å². The predicted molar refractivity (Wildman–Crippen MR) is 94.3 cm³/mol. The fraction of sp³-hybridized carbons (Fsp3) is 1.00. The van der Waals surface area contributed by atoms with Gasteiger partial charge in [0, 0.05) is 0 Å². The molecule has 8 unspecified atom stereocenters. The van der Waals surface area contributed by atoms with Gasteiger partial charge >= 0.3 is 0 Å². The number of rotatable bonds is 10. The summed E-state index contributed by atoms with van der Waals surface area (Å²) in [4.78, 5) is 11.3. The molecule has 0 aliphatic carbocycles. The third-order valence-corrected chi connectivity index (χ3v) is 6.75. The van der Waals surface area contributed by atoms with Crippen LogP contribution in [0.1, 0.15) is 75.2 Å². The van der Waals surface area contributed by atoms with Gasteiger partial charge in [0.1, 0.15) is 0 Å². The summed E-state index contributed by atoms with van der Waals surface area (Å²) in [5.74, 6) is 4.07. The quantitative estimate of drug-likeness (QED) is 0.429. The van der Waals surface area contributed by atoms with Crippen LogP contribution in [0.4, 0.5) is 0 Å². The lowest BCUT2D eigenvalue weighted by Crippen LogP contribution is -2.35. The molecule has 0 spiro atoms. The Morgan fingerprint density at radius 1 is 0.619 bits per heavy atom. The molecule has 0 fully saturated rings. The maximum atomic E-state index is 11.3. The Morgan fingerprint density at radius 3 is 1.38 bits per heavy atom. The van der Waals surface area contributed by atoms with Gasteiger partial charge in [-0.25, -0.2) is 0 Å². The van der Waals surface area contributed by atoms with Crippen molar-refractivity contribution in [1.29, 1.82) is 0 Å². The first-order valence-corrected chi connectivity index (χ1v) is 9.05. The van der Waals surface area contributed by atoms with E-state index in [-0.39, 0.29) is 6.04 Å². The fourth-order valence-electron chi connectivity index (χ4n) is 3.60. The Hall–Kier alpha value is -0.400. The van der Waals surface area contributed by atoms with Gasteiger partial charge in [-0.1, -0.05) is 80.3 Å². The first kappa shape index (κ1) is 20.6. The Bertz CT molecular complexity index is 291. The zero-order chi connectivity index (χ0) is 16.7. The molecule has 0 heterocycles. The van der Waals surface area contributed by atoms with E-state index < -0.39 is 0 Å². The predicted octanol–water partition coefficient (Wildman–Crippen LogP) is 6.39. The van der Waals surface area contributed by atoms with Gasteiger partial charge in [0.2, 0.25) is 0 Å². The Morgan fingerprint density at radius 2 is 1.00 bits per heavy atom. The average molecular weight is 298 g/mol. The number of nitrogens with zero attached hydrogens (tertiary/aromatic N) is 1. The highest BCUT2D eigenvalue weighted by atomic mass is 16.3. The van der Waals surface area contributed by atoms with Gasteiger partial charge in [0.25, 0.3) is 0 Å². The number of nitroso groups, excluding NO2 is 1. The second-order valence-electron chi connectivity index (χ2n) is 7.66. The molecule has 0 aromatic carbocycles. The minimum Gasteiger partial charge on any atom is -0.150 e. The van der Waals surface area contributed by atoms with Crippen LogP contribution in [0.3, 0.4) is 0 Å². The van der Waals surface area contributed by atoms with E-state index in [0.717, 1.165) is 18.3 Å². The second kappa shape index (κ2) is 9.58. The van der Waals surface area contributed by atoms with Crippen LogP contribution in [0.5, 0.6) is 0 Å². The second-order valence-corrected chi connectivity index (χ2v) is 7.66. The standard InChI is InChI=1S/C19H39NO/c1-10-12(3)14(5)15(6)16(7)17(8)18(9)19(20-21)13(4)11-2/h12-19H,10-11H2,1-9H3. The summed E-state index contributed by atoms with van der Waals surface area (Å²) in [6, 6.07) is -0.0430. The van der Waals surface area contributed by atoms with Gasteiger partial charge < -0.3 is 0 Å². The molecule has 0 radical (unpaired) electrons. The zero-order valence-electron chi connectivity index (χ0n) is 15.9. The van der Waals surface area contributed by atoms with Crippen molar-refractivity contribution in [3.8, 4) is 0 Å². The van der Waals surface area contributed by atoms with Crippen LogP contribution >= 0.6 is 0 Å². The largest absolute Gasteiger partial charge is 0.150 e. The summed E-state index contributed by atoms with van der Waals surface area (Å²) in [6.45, 7) is 20.6. The molecule has 0 aliphatic heterocycles. The molecule has 0 saturated heterocycles. The molecule has 0 amide bonds. The third-order valence-electron chi connectivity index (χ3n) is 6.75. The van der Waals surface area contributed by atoms with Crippen molar-refractivity contribution in [1.82, 2.24) is 0 Å². The van der Waals surface area contributed by atoms with E-state index >= 15 is 0 Å². The van der Waals surface area contributed by atoms with Gasteiger partial charge in [-0.05, 0) is 41.4 Å². The smallest absolute Gasteiger partial charge is 0.0973 e. The van der Waals surface area contributed by atoms with E-state index in [9.17, 15) is 4.91 Å². The van der Waals surface area contributed by atoms with Gasteiger partial charge in [0.15, 0.2) is 0 Å². The van der Waals surface area contributed by atoms with E-state index in [4.69, 9.17) is 0 Å². The van der Waals surface area contributed by atoms with Crippen LogP contribution in [0.2, 0.25) is 0 Å². The molecule has 126 valence electrons. The SMILES string of the molecule is CCC(C)C(C)C(C)C(C)C(C)C(C)C(N=O)C(C)CC. The van der Waals surface area contributed by atoms with Crippen LogP contribution in [-0.4, -0.2) is 6.04 Å². The highest BCUT2D eigenvalue weighted by molar-refractivity contribution is 4.85. The molecule has 0 saturated carbocycles. The fourth-order valence-corrected chi connectivity index (χ4v) is 3.60. The molecule has 21 heavy (non-hydrogen) atoms. The minimum absolute atomic E-state index is 0.0430. The van der Waals surface area contributed by atoms with Gasteiger partial charge in [-0.15, -0.1) is 0 Å². The number of hydrogen-bond donors (Lipinski definition) is 0. The molecule has 0 rings (SSSR count). The van der Waals surface area contributed by atoms with Crippen LogP contribution < -0.4 is 0 Å². The van der Waals surface area contributed by atoms with Crippen molar-refractivity contribution in [2.75, 3.05) is 0 Å². The van der Waals surface area contributed by atoms with E-state index in [0.29, 0.717) is 29.6 Å². The normalized spacial score (nSPS) is 23.5. The summed E-state index contributed by atoms with van der Waals surface area (Å²) < 4.78 is 0. The summed E-state index contributed by atoms with van der Waals surface area (Å²) in [7, 11) is 0. The van der Waals surface area contributed by atoms with Gasteiger partial charge in [-0.2, -0.15) is 4.91 Å². The van der Waals surface area contributed by atoms with Crippen molar-refractivity contribution in [3.05, 3.63) is 4.91 Å². The molecular formula is C19H39NO. The van der Waals surface area contributed by atoms with Crippen LogP contribution in [0.15, 0.2) is 5.18 Å². The first-order chi connectivity index (χ1) is 9.72. The molecular weight excluding hydrogens is 258 g/mol. The minimum atomic E-state index is -0.0430. The lowest BCUT2D eigenvalue weighted by molar-refractivity contribution is 0.118. The molecule has 0 N–H and O–H groups in total. The van der Waals surface area contributed by atoms with Gasteiger partial charge in [0.05, 0.1) is 6.04 Å². The molecule has 2 heteroatoms. The molecule has 0 aromatic heterocycles. The topological polar surface area (TPSA) is 29.4 Å². The molecule has 0 aromatic rings. The highest BCUT2D eigenvalue weighted by Gasteiger charge is 2.34. The first-order valence-electron chi connectivity index (χ1n) is 9.05. The summed E-state index contributed by atoms with van der Waals surface area (Å²) >= 11 is 0. The van der Waals surface area contributed by atoms with Crippen molar-refractivity contribution >= 4 is 0 Å². The third kappa shape index (κ3) is 5.38. The average Bonchev–Trinajstić information content (AvgIpc) is 2.51. The Labute approximate surface area is 133 Å². The summed E-state index contributed by atoms with van der Waals surface area (Å²) in [6.07, 6.45) is 2.27. The Balaban J connectivity index is 4.88. The highest BCUT2D eigenvalue weighted by Crippen LogP contribution is 2.37. The van der Waals surface area contributed by atoms with Crippen molar-refractivity contribution in [2.45, 2.75) is 81.2 Å². The maximum Gasteiger partial charge on any atom is 0.0973 e. The Kier molecular flexibility index (Phi) is 9.40. The maximum absolute atomic E-state index is 11.3. The van der Waals surface area contributed by atoms with E-state index in [1.54, 1.807) is 0 Å². The van der Waals surface area contributed by atoms with Crippen LogP contribution in [0, 0.1) is 46.3 Å². The lowest BCUT2D eigenvalue weighted by Gasteiger charge is -2.38. The van der Waals surface area contributed by atoms with Crippen molar-refractivity contribution < 1.29 is 0 Å². The molecule has 0 aliphatic rings. The molecule has 2 nitrogen and oxygen atoms in total.